The normalized spacial score (nSPS) is 21.2. The Hall–Kier alpha value is -1.06. The summed E-state index contributed by atoms with van der Waals surface area (Å²) in [6, 6.07) is 17.7. The molecule has 2 saturated heterocycles. The standard InChI is InChI=1S/C22H26Cl2N2/c23-19-9-5-17(6-10-19)21(25-13-1-2-14-25)22(26-15-3-4-16-26)18-7-11-20(24)12-8-18/h5-12,21-22H,1-4,13-16H2. The fraction of sp³-hybridized carbons (Fsp3) is 0.455. The summed E-state index contributed by atoms with van der Waals surface area (Å²) < 4.78 is 0. The molecule has 26 heavy (non-hydrogen) atoms. The second-order valence-corrected chi connectivity index (χ2v) is 8.35. The van der Waals surface area contributed by atoms with E-state index < -0.39 is 0 Å². The first-order valence-corrected chi connectivity index (χ1v) is 10.5. The minimum atomic E-state index is 0.356. The fourth-order valence-corrected chi connectivity index (χ4v) is 4.80. The monoisotopic (exact) mass is 388 g/mol. The zero-order chi connectivity index (χ0) is 17.9. The van der Waals surface area contributed by atoms with Gasteiger partial charge in [-0.25, -0.2) is 0 Å². The van der Waals surface area contributed by atoms with E-state index in [9.17, 15) is 0 Å². The molecular formula is C22H26Cl2N2. The fourth-order valence-electron chi connectivity index (χ4n) is 4.55. The van der Waals surface area contributed by atoms with E-state index in [-0.39, 0.29) is 0 Å². The van der Waals surface area contributed by atoms with E-state index in [4.69, 9.17) is 23.2 Å². The summed E-state index contributed by atoms with van der Waals surface area (Å²) in [4.78, 5) is 5.33. The second-order valence-electron chi connectivity index (χ2n) is 7.48. The van der Waals surface area contributed by atoms with Gasteiger partial charge in [0, 0.05) is 10.0 Å². The minimum absolute atomic E-state index is 0.356. The van der Waals surface area contributed by atoms with Gasteiger partial charge in [0.05, 0.1) is 12.1 Å². The van der Waals surface area contributed by atoms with Gasteiger partial charge >= 0.3 is 0 Å². The van der Waals surface area contributed by atoms with Gasteiger partial charge in [0.1, 0.15) is 0 Å². The van der Waals surface area contributed by atoms with E-state index in [1.54, 1.807) is 0 Å². The lowest BCUT2D eigenvalue weighted by atomic mass is 9.91. The first-order valence-electron chi connectivity index (χ1n) is 9.71. The van der Waals surface area contributed by atoms with Gasteiger partial charge in [0.2, 0.25) is 0 Å². The number of hydrogen-bond donors (Lipinski definition) is 0. The van der Waals surface area contributed by atoms with Crippen molar-refractivity contribution >= 4 is 23.2 Å². The molecule has 0 N–H and O–H groups in total. The Kier molecular flexibility index (Phi) is 5.85. The average molecular weight is 389 g/mol. The van der Waals surface area contributed by atoms with Crippen LogP contribution in [0.25, 0.3) is 0 Å². The van der Waals surface area contributed by atoms with Crippen LogP contribution in [0.4, 0.5) is 0 Å². The maximum absolute atomic E-state index is 6.18. The third-order valence-corrected chi connectivity index (χ3v) is 6.29. The number of halogens is 2. The van der Waals surface area contributed by atoms with E-state index in [1.165, 1.54) is 63.0 Å². The largest absolute Gasteiger partial charge is 0.294 e. The van der Waals surface area contributed by atoms with Crippen LogP contribution in [0.1, 0.15) is 48.9 Å². The molecule has 4 rings (SSSR count). The Balaban J connectivity index is 1.77. The third kappa shape index (κ3) is 3.94. The molecule has 2 atom stereocenters. The van der Waals surface area contributed by atoms with Crippen molar-refractivity contribution in [3.05, 3.63) is 69.7 Å². The van der Waals surface area contributed by atoms with E-state index in [0.717, 1.165) is 10.0 Å². The van der Waals surface area contributed by atoms with Crippen LogP contribution in [0.2, 0.25) is 10.0 Å². The van der Waals surface area contributed by atoms with Gasteiger partial charge in [0.15, 0.2) is 0 Å². The molecule has 0 radical (unpaired) electrons. The topological polar surface area (TPSA) is 6.48 Å². The predicted octanol–water partition coefficient (Wildman–Crippen LogP) is 5.97. The summed E-state index contributed by atoms with van der Waals surface area (Å²) in [5.41, 5.74) is 2.73. The molecular weight excluding hydrogens is 363 g/mol. The molecule has 2 aromatic carbocycles. The molecule has 2 aliphatic rings. The Morgan fingerprint density at radius 1 is 0.538 bits per heavy atom. The SMILES string of the molecule is Clc1ccc(C(C(c2ccc(Cl)cc2)N2CCCC2)N2CCCC2)cc1. The lowest BCUT2D eigenvalue weighted by Crippen LogP contribution is -2.39. The molecule has 4 heteroatoms. The molecule has 0 spiro atoms. The van der Waals surface area contributed by atoms with Gasteiger partial charge in [0.25, 0.3) is 0 Å². The summed E-state index contributed by atoms with van der Waals surface area (Å²) >= 11 is 12.4. The number of hydrogen-bond acceptors (Lipinski definition) is 2. The van der Waals surface area contributed by atoms with Gasteiger partial charge in [-0.15, -0.1) is 0 Å². The summed E-state index contributed by atoms with van der Waals surface area (Å²) in [5.74, 6) is 0. The van der Waals surface area contributed by atoms with Crippen LogP contribution in [0.15, 0.2) is 48.5 Å². The minimum Gasteiger partial charge on any atom is -0.294 e. The third-order valence-electron chi connectivity index (χ3n) is 5.79. The number of likely N-dealkylation sites (tertiary alicyclic amines) is 2. The van der Waals surface area contributed by atoms with Crippen molar-refractivity contribution < 1.29 is 0 Å². The molecule has 2 aromatic rings. The predicted molar refractivity (Wildman–Crippen MR) is 110 cm³/mol. The molecule has 0 amide bonds. The van der Waals surface area contributed by atoms with E-state index in [2.05, 4.69) is 34.1 Å². The molecule has 2 heterocycles. The Morgan fingerprint density at radius 3 is 1.15 bits per heavy atom. The van der Waals surface area contributed by atoms with Gasteiger partial charge < -0.3 is 0 Å². The molecule has 0 saturated carbocycles. The second kappa shape index (κ2) is 8.31. The number of benzene rings is 2. The molecule has 2 unspecified atom stereocenters. The van der Waals surface area contributed by atoms with Crippen molar-refractivity contribution in [2.45, 2.75) is 37.8 Å². The molecule has 0 bridgehead atoms. The molecule has 2 fully saturated rings. The quantitative estimate of drug-likeness (QED) is 0.622. The highest BCUT2D eigenvalue weighted by atomic mass is 35.5. The summed E-state index contributed by atoms with van der Waals surface area (Å²) in [7, 11) is 0. The van der Waals surface area contributed by atoms with Crippen molar-refractivity contribution in [2.75, 3.05) is 26.2 Å². The van der Waals surface area contributed by atoms with Gasteiger partial charge in [-0.3, -0.25) is 9.80 Å². The Morgan fingerprint density at radius 2 is 0.846 bits per heavy atom. The Labute approximate surface area is 166 Å². The zero-order valence-corrected chi connectivity index (χ0v) is 16.6. The molecule has 0 aromatic heterocycles. The van der Waals surface area contributed by atoms with Crippen LogP contribution in [-0.4, -0.2) is 36.0 Å². The summed E-state index contributed by atoms with van der Waals surface area (Å²) in [6.07, 6.45) is 5.16. The molecule has 138 valence electrons. The van der Waals surface area contributed by atoms with Crippen molar-refractivity contribution in [1.29, 1.82) is 0 Å². The summed E-state index contributed by atoms with van der Waals surface area (Å²) in [5, 5.41) is 1.61. The lowest BCUT2D eigenvalue weighted by molar-refractivity contribution is 0.109. The van der Waals surface area contributed by atoms with Crippen LogP contribution in [0.3, 0.4) is 0 Å². The maximum atomic E-state index is 6.18. The first kappa shape index (κ1) is 18.3. The van der Waals surface area contributed by atoms with Crippen molar-refractivity contribution in [1.82, 2.24) is 9.80 Å². The van der Waals surface area contributed by atoms with Crippen LogP contribution in [0.5, 0.6) is 0 Å². The Bertz CT molecular complexity index is 638. The highest BCUT2D eigenvalue weighted by Crippen LogP contribution is 2.42. The van der Waals surface area contributed by atoms with Crippen LogP contribution in [-0.2, 0) is 0 Å². The van der Waals surface area contributed by atoms with Crippen LogP contribution in [0, 0.1) is 0 Å². The maximum Gasteiger partial charge on any atom is 0.0545 e. The smallest absolute Gasteiger partial charge is 0.0545 e. The van der Waals surface area contributed by atoms with Crippen LogP contribution < -0.4 is 0 Å². The van der Waals surface area contributed by atoms with Gasteiger partial charge in [-0.1, -0.05) is 47.5 Å². The summed E-state index contributed by atoms with van der Waals surface area (Å²) in [6.45, 7) is 4.69. The average Bonchev–Trinajstić information content (AvgIpc) is 3.36. The molecule has 0 aliphatic carbocycles. The van der Waals surface area contributed by atoms with Gasteiger partial charge in [-0.2, -0.15) is 0 Å². The molecule has 2 aliphatic heterocycles. The highest BCUT2D eigenvalue weighted by molar-refractivity contribution is 6.30. The van der Waals surface area contributed by atoms with Crippen molar-refractivity contribution in [2.24, 2.45) is 0 Å². The first-order chi connectivity index (χ1) is 12.7. The lowest BCUT2D eigenvalue weighted by Gasteiger charge is -2.40. The van der Waals surface area contributed by atoms with Crippen molar-refractivity contribution in [3.63, 3.8) is 0 Å². The van der Waals surface area contributed by atoms with E-state index in [0.29, 0.717) is 12.1 Å². The number of rotatable bonds is 5. The van der Waals surface area contributed by atoms with E-state index in [1.807, 2.05) is 24.3 Å². The zero-order valence-electron chi connectivity index (χ0n) is 15.1. The van der Waals surface area contributed by atoms with Crippen molar-refractivity contribution in [3.8, 4) is 0 Å². The van der Waals surface area contributed by atoms with E-state index >= 15 is 0 Å². The van der Waals surface area contributed by atoms with Gasteiger partial charge in [-0.05, 0) is 87.3 Å². The van der Waals surface area contributed by atoms with Crippen LogP contribution >= 0.6 is 23.2 Å². The highest BCUT2D eigenvalue weighted by Gasteiger charge is 2.36. The number of nitrogens with zero attached hydrogens (tertiary/aromatic N) is 2. The molecule has 2 nitrogen and oxygen atoms in total.